The summed E-state index contributed by atoms with van der Waals surface area (Å²) in [5, 5.41) is 13.4. The molecular formula is C16H14F3N3O5. The van der Waals surface area contributed by atoms with E-state index in [-0.39, 0.29) is 17.1 Å². The highest BCUT2D eigenvalue weighted by molar-refractivity contribution is 5.92. The largest absolute Gasteiger partial charge is 0.490 e. The van der Waals surface area contributed by atoms with E-state index in [1.54, 1.807) is 0 Å². The van der Waals surface area contributed by atoms with E-state index in [9.17, 15) is 32.9 Å². The van der Waals surface area contributed by atoms with Gasteiger partial charge in [0.15, 0.2) is 5.75 Å². The number of nitro benzene ring substituents is 1. The van der Waals surface area contributed by atoms with Crippen LogP contribution in [0.4, 0.5) is 24.5 Å². The van der Waals surface area contributed by atoms with Crippen LogP contribution in [-0.2, 0) is 17.5 Å². The predicted octanol–water partition coefficient (Wildman–Crippen LogP) is 2.73. The number of nitrogens with zero attached hydrogens (tertiary/aromatic N) is 2. The lowest BCUT2D eigenvalue weighted by molar-refractivity contribution is -0.385. The number of hydrogen-bond donors (Lipinski definition) is 1. The zero-order valence-corrected chi connectivity index (χ0v) is 14.2. The fraction of sp³-hybridized carbons (Fsp3) is 0.250. The van der Waals surface area contributed by atoms with E-state index in [4.69, 9.17) is 4.74 Å². The Balaban J connectivity index is 2.27. The molecule has 2 rings (SSSR count). The number of rotatable bonds is 5. The van der Waals surface area contributed by atoms with E-state index in [0.717, 1.165) is 6.07 Å². The minimum absolute atomic E-state index is 0.0999. The number of nitro groups is 1. The van der Waals surface area contributed by atoms with Crippen molar-refractivity contribution in [3.8, 4) is 5.75 Å². The second-order valence-electron chi connectivity index (χ2n) is 5.53. The van der Waals surface area contributed by atoms with E-state index in [0.29, 0.717) is 22.4 Å². The van der Waals surface area contributed by atoms with Crippen LogP contribution in [0.1, 0.15) is 11.1 Å². The third kappa shape index (κ3) is 4.63. The topological polar surface area (TPSA) is 103 Å². The van der Waals surface area contributed by atoms with Gasteiger partial charge in [-0.15, -0.1) is 0 Å². The van der Waals surface area contributed by atoms with Gasteiger partial charge in [0.05, 0.1) is 17.6 Å². The molecule has 1 heterocycles. The number of anilines is 1. The summed E-state index contributed by atoms with van der Waals surface area (Å²) in [6.45, 7) is 0.833. The van der Waals surface area contributed by atoms with Gasteiger partial charge in [-0.2, -0.15) is 13.2 Å². The number of benzene rings is 1. The summed E-state index contributed by atoms with van der Waals surface area (Å²) in [7, 11) is 1.21. The first-order valence-corrected chi connectivity index (χ1v) is 7.43. The third-order valence-electron chi connectivity index (χ3n) is 3.62. The van der Waals surface area contributed by atoms with Crippen molar-refractivity contribution in [2.24, 2.45) is 0 Å². The smallest absolute Gasteiger partial charge is 0.417 e. The highest BCUT2D eigenvalue weighted by atomic mass is 19.4. The fourth-order valence-electron chi connectivity index (χ4n) is 2.28. The van der Waals surface area contributed by atoms with Crippen LogP contribution in [-0.4, -0.2) is 22.5 Å². The molecule has 8 nitrogen and oxygen atoms in total. The van der Waals surface area contributed by atoms with Crippen LogP contribution >= 0.6 is 0 Å². The SMILES string of the molecule is COc1cc(NC(=O)Cn2cc(C(F)(F)F)ccc2=O)c(C)cc1[N+](=O)[O-]. The molecule has 0 spiro atoms. The average Bonchev–Trinajstić information content (AvgIpc) is 2.57. The molecule has 0 atom stereocenters. The molecule has 144 valence electrons. The fourth-order valence-corrected chi connectivity index (χ4v) is 2.28. The Morgan fingerprint density at radius 3 is 2.56 bits per heavy atom. The summed E-state index contributed by atoms with van der Waals surface area (Å²) in [5.41, 5.74) is -1.64. The van der Waals surface area contributed by atoms with Crippen LogP contribution in [0.25, 0.3) is 0 Å². The number of carbonyl (C=O) groups is 1. The molecule has 1 aromatic carbocycles. The number of aromatic nitrogens is 1. The summed E-state index contributed by atoms with van der Waals surface area (Å²) in [6.07, 6.45) is -4.11. The van der Waals surface area contributed by atoms with Crippen molar-refractivity contribution in [3.05, 3.63) is 62.1 Å². The first kappa shape index (κ1) is 19.9. The number of carbonyl (C=O) groups excluding carboxylic acids is 1. The molecule has 0 saturated heterocycles. The van der Waals surface area contributed by atoms with Gasteiger partial charge in [-0.25, -0.2) is 0 Å². The Morgan fingerprint density at radius 2 is 2.00 bits per heavy atom. The Bertz CT molecular complexity index is 953. The molecule has 0 aliphatic heterocycles. The van der Waals surface area contributed by atoms with Crippen molar-refractivity contribution in [2.75, 3.05) is 12.4 Å². The summed E-state index contributed by atoms with van der Waals surface area (Å²) < 4.78 is 43.7. The monoisotopic (exact) mass is 385 g/mol. The van der Waals surface area contributed by atoms with Crippen molar-refractivity contribution < 1.29 is 27.6 Å². The molecule has 1 amide bonds. The van der Waals surface area contributed by atoms with Gasteiger partial charge < -0.3 is 14.6 Å². The van der Waals surface area contributed by atoms with Crippen molar-refractivity contribution in [1.29, 1.82) is 0 Å². The van der Waals surface area contributed by atoms with Gasteiger partial charge in [0.25, 0.3) is 5.56 Å². The van der Waals surface area contributed by atoms with Gasteiger partial charge in [-0.3, -0.25) is 19.7 Å². The molecule has 0 bridgehead atoms. The normalized spacial score (nSPS) is 11.1. The number of pyridine rings is 1. The minimum atomic E-state index is -4.66. The van der Waals surface area contributed by atoms with Gasteiger partial charge in [-0.05, 0) is 18.6 Å². The zero-order chi connectivity index (χ0) is 20.4. The third-order valence-corrected chi connectivity index (χ3v) is 3.62. The molecule has 1 N–H and O–H groups in total. The summed E-state index contributed by atoms with van der Waals surface area (Å²) in [4.78, 5) is 34.1. The summed E-state index contributed by atoms with van der Waals surface area (Å²) >= 11 is 0. The molecule has 0 aliphatic rings. The maximum absolute atomic E-state index is 12.7. The maximum Gasteiger partial charge on any atom is 0.417 e. The molecule has 0 saturated carbocycles. The Morgan fingerprint density at radius 1 is 1.33 bits per heavy atom. The van der Waals surface area contributed by atoms with E-state index < -0.39 is 34.7 Å². The van der Waals surface area contributed by atoms with E-state index in [2.05, 4.69) is 5.32 Å². The molecule has 1 aromatic heterocycles. The summed E-state index contributed by atoms with van der Waals surface area (Å²) in [6, 6.07) is 3.75. The van der Waals surface area contributed by atoms with Crippen LogP contribution in [0, 0.1) is 17.0 Å². The zero-order valence-electron chi connectivity index (χ0n) is 14.2. The lowest BCUT2D eigenvalue weighted by atomic mass is 10.1. The Kier molecular flexibility index (Phi) is 5.52. The van der Waals surface area contributed by atoms with Crippen LogP contribution in [0.3, 0.4) is 0 Å². The van der Waals surface area contributed by atoms with Crippen LogP contribution in [0.15, 0.2) is 35.3 Å². The molecule has 2 aromatic rings. The van der Waals surface area contributed by atoms with Crippen LogP contribution in [0.2, 0.25) is 0 Å². The molecular weight excluding hydrogens is 371 g/mol. The van der Waals surface area contributed by atoms with Crippen molar-refractivity contribution in [3.63, 3.8) is 0 Å². The molecule has 27 heavy (non-hydrogen) atoms. The number of methoxy groups -OCH3 is 1. The second-order valence-corrected chi connectivity index (χ2v) is 5.53. The van der Waals surface area contributed by atoms with Crippen molar-refractivity contribution in [2.45, 2.75) is 19.6 Å². The number of halogens is 3. The first-order valence-electron chi connectivity index (χ1n) is 7.43. The van der Waals surface area contributed by atoms with E-state index in [1.807, 2.05) is 0 Å². The molecule has 0 radical (unpaired) electrons. The Hall–Kier alpha value is -3.37. The summed E-state index contributed by atoms with van der Waals surface area (Å²) in [5.74, 6) is -0.882. The first-order chi connectivity index (χ1) is 12.5. The van der Waals surface area contributed by atoms with Crippen LogP contribution < -0.4 is 15.6 Å². The lowest BCUT2D eigenvalue weighted by Gasteiger charge is -2.13. The van der Waals surface area contributed by atoms with Crippen LogP contribution in [0.5, 0.6) is 5.75 Å². The number of ether oxygens (including phenoxy) is 1. The van der Waals surface area contributed by atoms with Crippen molar-refractivity contribution in [1.82, 2.24) is 4.57 Å². The maximum atomic E-state index is 12.7. The number of hydrogen-bond acceptors (Lipinski definition) is 5. The quantitative estimate of drug-likeness (QED) is 0.630. The van der Waals surface area contributed by atoms with E-state index in [1.165, 1.54) is 26.2 Å². The number of nitrogens with one attached hydrogen (secondary N) is 1. The van der Waals surface area contributed by atoms with E-state index >= 15 is 0 Å². The average molecular weight is 385 g/mol. The number of alkyl halides is 3. The van der Waals surface area contributed by atoms with Gasteiger partial charge >= 0.3 is 11.9 Å². The highest BCUT2D eigenvalue weighted by Crippen LogP contribution is 2.32. The van der Waals surface area contributed by atoms with Gasteiger partial charge in [-0.1, -0.05) is 0 Å². The number of aryl methyl sites for hydroxylation is 1. The van der Waals surface area contributed by atoms with Gasteiger partial charge in [0.2, 0.25) is 5.91 Å². The minimum Gasteiger partial charge on any atom is -0.490 e. The molecule has 0 unspecified atom stereocenters. The molecule has 0 fully saturated rings. The van der Waals surface area contributed by atoms with Gasteiger partial charge in [0.1, 0.15) is 6.54 Å². The standard InChI is InChI=1S/C16H14F3N3O5/c1-9-5-12(22(25)26)13(27-2)6-11(9)20-14(23)8-21-7-10(16(17,18)19)3-4-15(21)24/h3-7H,8H2,1-2H3,(H,20,23). The highest BCUT2D eigenvalue weighted by Gasteiger charge is 2.31. The second kappa shape index (κ2) is 7.48. The Labute approximate surface area is 150 Å². The predicted molar refractivity (Wildman–Crippen MR) is 88.7 cm³/mol. The molecule has 11 heteroatoms. The van der Waals surface area contributed by atoms with Crippen molar-refractivity contribution >= 4 is 17.3 Å². The lowest BCUT2D eigenvalue weighted by Crippen LogP contribution is -2.28. The van der Waals surface area contributed by atoms with Gasteiger partial charge in [0, 0.05) is 30.1 Å². The number of amides is 1. The molecule has 0 aliphatic carbocycles.